The first-order valence-corrected chi connectivity index (χ1v) is 13.1. The second kappa shape index (κ2) is 8.49. The molecule has 3 atom stereocenters. The van der Waals surface area contributed by atoms with Gasteiger partial charge in [-0.25, -0.2) is 12.8 Å². The molecule has 2 aromatic rings. The molecule has 5 rings (SSSR count). The van der Waals surface area contributed by atoms with Gasteiger partial charge < -0.3 is 10.4 Å². The minimum Gasteiger partial charge on any atom is -0.375 e. The highest BCUT2D eigenvalue weighted by Gasteiger charge is 2.58. The minimum absolute atomic E-state index is 0.0968. The topological polar surface area (TPSA) is 86.7 Å². The van der Waals surface area contributed by atoms with E-state index in [1.165, 1.54) is 16.4 Å². The van der Waals surface area contributed by atoms with Gasteiger partial charge in [-0.15, -0.1) is 0 Å². The number of hydrogen-bond acceptors (Lipinski definition) is 4. The zero-order valence-electron chi connectivity index (χ0n) is 18.4. The summed E-state index contributed by atoms with van der Waals surface area (Å²) in [5.41, 5.74) is -0.915. The van der Waals surface area contributed by atoms with Crippen LogP contribution in [0.15, 0.2) is 59.5 Å². The number of rotatable bonds is 7. The largest absolute Gasteiger partial charge is 0.375 e. The molecule has 3 unspecified atom stereocenters. The maximum atomic E-state index is 13.2. The lowest BCUT2D eigenvalue weighted by Gasteiger charge is -2.33. The van der Waals surface area contributed by atoms with Crippen LogP contribution in [0.1, 0.15) is 31.2 Å². The number of aliphatic hydroxyl groups is 1. The fourth-order valence-electron chi connectivity index (χ4n) is 5.80. The fourth-order valence-corrected chi connectivity index (χ4v) is 7.31. The highest BCUT2D eigenvalue weighted by Crippen LogP contribution is 2.52. The lowest BCUT2D eigenvalue weighted by molar-refractivity contribution is -0.147. The normalized spacial score (nSPS) is 27.2. The number of hydrogen-bond donors (Lipinski definition) is 2. The van der Waals surface area contributed by atoms with Crippen molar-refractivity contribution in [3.63, 3.8) is 0 Å². The van der Waals surface area contributed by atoms with E-state index >= 15 is 0 Å². The van der Waals surface area contributed by atoms with Gasteiger partial charge in [0.15, 0.2) is 5.60 Å². The maximum Gasteiger partial charge on any atom is 0.256 e. The molecule has 2 saturated carbocycles. The molecule has 1 heterocycles. The van der Waals surface area contributed by atoms with Crippen LogP contribution in [0.5, 0.6) is 0 Å². The molecular weight excluding hydrogens is 443 g/mol. The quantitative estimate of drug-likeness (QED) is 0.649. The molecule has 0 bridgehead atoms. The molecule has 3 aliphatic rings. The van der Waals surface area contributed by atoms with Crippen molar-refractivity contribution in [2.24, 2.45) is 23.7 Å². The summed E-state index contributed by atoms with van der Waals surface area (Å²) < 4.78 is 40.2. The minimum atomic E-state index is -3.64. The first-order valence-electron chi connectivity index (χ1n) is 11.6. The van der Waals surface area contributed by atoms with E-state index in [2.05, 4.69) is 5.32 Å². The first kappa shape index (κ1) is 22.5. The Morgan fingerprint density at radius 3 is 2.24 bits per heavy atom. The summed E-state index contributed by atoms with van der Waals surface area (Å²) in [5, 5.41) is 14.5. The number of nitrogens with one attached hydrogen (secondary N) is 1. The molecule has 0 aromatic heterocycles. The number of halogens is 1. The van der Waals surface area contributed by atoms with Gasteiger partial charge in [0.1, 0.15) is 5.82 Å². The molecule has 6 nitrogen and oxygen atoms in total. The fraction of sp³-hybridized carbons (Fsp3) is 0.480. The van der Waals surface area contributed by atoms with Crippen LogP contribution in [0.4, 0.5) is 4.39 Å². The van der Waals surface area contributed by atoms with E-state index < -0.39 is 21.4 Å². The first-order chi connectivity index (χ1) is 15.8. The highest BCUT2D eigenvalue weighted by atomic mass is 32.2. The zero-order valence-corrected chi connectivity index (χ0v) is 19.2. The summed E-state index contributed by atoms with van der Waals surface area (Å²) in [6, 6.07) is 14.0. The van der Waals surface area contributed by atoms with Crippen molar-refractivity contribution in [1.82, 2.24) is 9.62 Å². The van der Waals surface area contributed by atoms with E-state index in [1.807, 2.05) is 30.3 Å². The summed E-state index contributed by atoms with van der Waals surface area (Å²) in [6.07, 6.45) is 3.67. The Bertz CT molecular complexity index is 1110. The molecule has 2 aromatic carbocycles. The predicted octanol–water partition coefficient (Wildman–Crippen LogP) is 2.89. The number of carbonyl (C=O) groups is 1. The number of nitrogens with zero attached hydrogens (tertiary/aromatic N) is 1. The monoisotopic (exact) mass is 472 g/mol. The van der Waals surface area contributed by atoms with E-state index in [1.54, 1.807) is 0 Å². The third-order valence-corrected chi connectivity index (χ3v) is 9.64. The number of fused-ring (bicyclic) bond motifs is 1. The van der Waals surface area contributed by atoms with Gasteiger partial charge >= 0.3 is 0 Å². The van der Waals surface area contributed by atoms with Gasteiger partial charge in [0.05, 0.1) is 4.90 Å². The van der Waals surface area contributed by atoms with Crippen molar-refractivity contribution in [2.75, 3.05) is 19.6 Å². The summed E-state index contributed by atoms with van der Waals surface area (Å²) in [4.78, 5) is 13.3. The van der Waals surface area contributed by atoms with Crippen LogP contribution >= 0.6 is 0 Å². The Balaban J connectivity index is 1.21. The van der Waals surface area contributed by atoms with Crippen LogP contribution in [0.25, 0.3) is 0 Å². The maximum absolute atomic E-state index is 13.2. The summed E-state index contributed by atoms with van der Waals surface area (Å²) in [6.45, 7) is 1.23. The Morgan fingerprint density at radius 2 is 1.64 bits per heavy atom. The Kier molecular flexibility index (Phi) is 5.79. The van der Waals surface area contributed by atoms with Crippen molar-refractivity contribution in [3.05, 3.63) is 66.0 Å². The molecule has 33 heavy (non-hydrogen) atoms. The SMILES string of the molecule is O=C(NCC1C2CN(S(=O)(=O)c3ccc(F)cc3)CC12)C(O)(c1ccccc1)C1CCCC1. The molecule has 2 N–H and O–H groups in total. The summed E-state index contributed by atoms with van der Waals surface area (Å²) in [5.74, 6) is -0.343. The molecule has 8 heteroatoms. The van der Waals surface area contributed by atoms with Gasteiger partial charge in [-0.1, -0.05) is 43.2 Å². The van der Waals surface area contributed by atoms with Crippen molar-refractivity contribution in [1.29, 1.82) is 0 Å². The molecule has 0 radical (unpaired) electrons. The molecule has 2 aliphatic carbocycles. The van der Waals surface area contributed by atoms with E-state index in [4.69, 9.17) is 0 Å². The number of piperidine rings is 1. The molecule has 0 spiro atoms. The van der Waals surface area contributed by atoms with Gasteiger partial charge in [0.2, 0.25) is 10.0 Å². The Morgan fingerprint density at radius 1 is 1.03 bits per heavy atom. The number of sulfonamides is 1. The standard InChI is InChI=1S/C25H29FN2O4S/c26-19-10-12-20(13-11-19)33(31,32)28-15-22-21(23(22)16-28)14-27-24(29)25(30,18-8-4-5-9-18)17-6-2-1-3-7-17/h1-3,6-7,10-13,18,21-23,30H,4-5,8-9,14-16H2,(H,27,29). The van der Waals surface area contributed by atoms with Crippen molar-refractivity contribution < 1.29 is 22.7 Å². The van der Waals surface area contributed by atoms with Gasteiger partial charge in [0, 0.05) is 25.6 Å². The third kappa shape index (κ3) is 3.98. The van der Waals surface area contributed by atoms with Crippen molar-refractivity contribution in [2.45, 2.75) is 36.2 Å². The zero-order chi connectivity index (χ0) is 23.2. The van der Waals surface area contributed by atoms with Crippen molar-refractivity contribution >= 4 is 15.9 Å². The summed E-state index contributed by atoms with van der Waals surface area (Å²) >= 11 is 0. The van der Waals surface area contributed by atoms with E-state index in [9.17, 15) is 22.7 Å². The molecule has 176 valence electrons. The number of amides is 1. The second-order valence-corrected chi connectivity index (χ2v) is 11.5. The van der Waals surface area contributed by atoms with Gasteiger partial charge in [-0.2, -0.15) is 4.31 Å². The third-order valence-electron chi connectivity index (χ3n) is 7.79. The van der Waals surface area contributed by atoms with E-state index in [-0.39, 0.29) is 34.5 Å². The molecule has 3 fully saturated rings. The summed E-state index contributed by atoms with van der Waals surface area (Å²) in [7, 11) is -3.64. The van der Waals surface area contributed by atoms with Crippen LogP contribution in [-0.2, 0) is 20.4 Å². The molecule has 1 saturated heterocycles. The van der Waals surface area contributed by atoms with Crippen LogP contribution in [0, 0.1) is 29.5 Å². The lowest BCUT2D eigenvalue weighted by Crippen LogP contribution is -2.49. The molecular formula is C25H29FN2O4S. The second-order valence-electron chi connectivity index (χ2n) is 9.59. The van der Waals surface area contributed by atoms with Crippen molar-refractivity contribution in [3.8, 4) is 0 Å². The predicted molar refractivity (Wildman–Crippen MR) is 121 cm³/mol. The van der Waals surface area contributed by atoms with E-state index in [0.717, 1.165) is 37.8 Å². The van der Waals surface area contributed by atoms with Crippen LogP contribution in [-0.4, -0.2) is 43.4 Å². The lowest BCUT2D eigenvalue weighted by atomic mass is 9.79. The molecule has 1 aliphatic heterocycles. The average molecular weight is 473 g/mol. The van der Waals surface area contributed by atoms with Crippen LogP contribution in [0.3, 0.4) is 0 Å². The Hall–Kier alpha value is -2.29. The smallest absolute Gasteiger partial charge is 0.256 e. The molecule has 1 amide bonds. The van der Waals surface area contributed by atoms with Gasteiger partial charge in [0.25, 0.3) is 5.91 Å². The van der Waals surface area contributed by atoms with Gasteiger partial charge in [-0.3, -0.25) is 4.79 Å². The number of benzene rings is 2. The highest BCUT2D eigenvalue weighted by molar-refractivity contribution is 7.89. The van der Waals surface area contributed by atoms with Crippen LogP contribution in [0.2, 0.25) is 0 Å². The Labute approximate surface area is 193 Å². The average Bonchev–Trinajstić information content (AvgIpc) is 3.23. The van der Waals surface area contributed by atoms with E-state index in [0.29, 0.717) is 25.2 Å². The number of carbonyl (C=O) groups excluding carboxylic acids is 1. The van der Waals surface area contributed by atoms with Gasteiger partial charge in [-0.05, 0) is 60.4 Å². The van der Waals surface area contributed by atoms with Crippen LogP contribution < -0.4 is 5.32 Å².